The molecular weight excluding hydrogens is 244 g/mol. The van der Waals surface area contributed by atoms with Crippen LogP contribution in [0, 0.1) is 0 Å². The van der Waals surface area contributed by atoms with E-state index in [1.165, 1.54) is 0 Å². The van der Waals surface area contributed by atoms with Gasteiger partial charge in [-0.1, -0.05) is 0 Å². The minimum atomic E-state index is -0.416. The second-order valence-electron chi connectivity index (χ2n) is 5.02. The SMILES string of the molecule is COC(C)(C)CNC(=O)c1n[nH]c2ccc(N)cc12. The van der Waals surface area contributed by atoms with Crippen molar-refractivity contribution in [1.82, 2.24) is 15.5 Å². The number of carbonyl (C=O) groups is 1. The van der Waals surface area contributed by atoms with Crippen LogP contribution in [-0.4, -0.2) is 35.4 Å². The molecule has 1 aromatic carbocycles. The first-order chi connectivity index (χ1) is 8.93. The number of aromatic amines is 1. The molecule has 2 aromatic rings. The van der Waals surface area contributed by atoms with Gasteiger partial charge in [0.2, 0.25) is 0 Å². The van der Waals surface area contributed by atoms with E-state index >= 15 is 0 Å². The van der Waals surface area contributed by atoms with Crippen molar-refractivity contribution >= 4 is 22.5 Å². The highest BCUT2D eigenvalue weighted by Gasteiger charge is 2.20. The lowest BCUT2D eigenvalue weighted by molar-refractivity contribution is 0.0228. The third kappa shape index (κ3) is 2.85. The van der Waals surface area contributed by atoms with Gasteiger partial charge >= 0.3 is 0 Å². The molecule has 0 fully saturated rings. The molecule has 0 aliphatic heterocycles. The maximum absolute atomic E-state index is 12.1. The average Bonchev–Trinajstić information content (AvgIpc) is 2.79. The molecule has 19 heavy (non-hydrogen) atoms. The van der Waals surface area contributed by atoms with Crippen LogP contribution in [0.2, 0.25) is 0 Å². The first-order valence-electron chi connectivity index (χ1n) is 6.00. The second kappa shape index (κ2) is 4.89. The zero-order valence-electron chi connectivity index (χ0n) is 11.3. The number of ether oxygens (including phenoxy) is 1. The molecule has 0 saturated carbocycles. The lowest BCUT2D eigenvalue weighted by atomic mass is 10.1. The lowest BCUT2D eigenvalue weighted by Gasteiger charge is -2.22. The van der Waals surface area contributed by atoms with Gasteiger partial charge in [-0.15, -0.1) is 0 Å². The monoisotopic (exact) mass is 262 g/mol. The van der Waals surface area contributed by atoms with Gasteiger partial charge in [-0.2, -0.15) is 5.10 Å². The zero-order chi connectivity index (χ0) is 14.0. The number of anilines is 1. The fourth-order valence-electron chi connectivity index (χ4n) is 1.65. The quantitative estimate of drug-likeness (QED) is 0.724. The van der Waals surface area contributed by atoms with Gasteiger partial charge in [-0.25, -0.2) is 0 Å². The Morgan fingerprint density at radius 1 is 1.53 bits per heavy atom. The maximum Gasteiger partial charge on any atom is 0.272 e. The Balaban J connectivity index is 2.20. The molecule has 0 saturated heterocycles. The van der Waals surface area contributed by atoms with Crippen molar-refractivity contribution in [1.29, 1.82) is 0 Å². The van der Waals surface area contributed by atoms with E-state index in [-0.39, 0.29) is 5.91 Å². The number of nitrogens with zero attached hydrogens (tertiary/aromatic N) is 1. The molecule has 4 N–H and O–H groups in total. The van der Waals surface area contributed by atoms with Crippen LogP contribution in [0.1, 0.15) is 24.3 Å². The number of hydrogen-bond donors (Lipinski definition) is 3. The van der Waals surface area contributed by atoms with Crippen molar-refractivity contribution < 1.29 is 9.53 Å². The summed E-state index contributed by atoms with van der Waals surface area (Å²) in [5.74, 6) is -0.248. The van der Waals surface area contributed by atoms with Crippen molar-refractivity contribution in [2.24, 2.45) is 0 Å². The normalized spacial score (nSPS) is 11.7. The van der Waals surface area contributed by atoms with Crippen LogP contribution in [0.4, 0.5) is 5.69 Å². The summed E-state index contributed by atoms with van der Waals surface area (Å²) in [6.07, 6.45) is 0. The van der Waals surface area contributed by atoms with Gasteiger partial charge in [-0.05, 0) is 32.0 Å². The van der Waals surface area contributed by atoms with Gasteiger partial charge in [0.15, 0.2) is 5.69 Å². The highest BCUT2D eigenvalue weighted by molar-refractivity contribution is 6.05. The standard InChI is InChI=1S/C13H18N4O2/c1-13(2,19-3)7-15-12(18)11-9-6-8(14)4-5-10(9)16-17-11/h4-6H,7,14H2,1-3H3,(H,15,18)(H,16,17). The number of aromatic nitrogens is 2. The summed E-state index contributed by atoms with van der Waals surface area (Å²) in [4.78, 5) is 12.1. The largest absolute Gasteiger partial charge is 0.399 e. The zero-order valence-corrected chi connectivity index (χ0v) is 11.3. The number of methoxy groups -OCH3 is 1. The smallest absolute Gasteiger partial charge is 0.272 e. The van der Waals surface area contributed by atoms with Crippen LogP contribution >= 0.6 is 0 Å². The van der Waals surface area contributed by atoms with Crippen molar-refractivity contribution in [3.05, 3.63) is 23.9 Å². The predicted molar refractivity (Wildman–Crippen MR) is 73.9 cm³/mol. The number of H-pyrrole nitrogens is 1. The lowest BCUT2D eigenvalue weighted by Crippen LogP contribution is -2.39. The summed E-state index contributed by atoms with van der Waals surface area (Å²) in [6.45, 7) is 4.20. The Kier molecular flexibility index (Phi) is 3.44. The van der Waals surface area contributed by atoms with E-state index in [1.807, 2.05) is 13.8 Å². The summed E-state index contributed by atoms with van der Waals surface area (Å²) in [5, 5.41) is 10.4. The van der Waals surface area contributed by atoms with Crippen molar-refractivity contribution in [3.8, 4) is 0 Å². The summed E-state index contributed by atoms with van der Waals surface area (Å²) < 4.78 is 5.25. The minimum Gasteiger partial charge on any atom is -0.399 e. The highest BCUT2D eigenvalue weighted by atomic mass is 16.5. The molecule has 6 nitrogen and oxygen atoms in total. The Hall–Kier alpha value is -2.08. The van der Waals surface area contributed by atoms with E-state index in [0.29, 0.717) is 23.3 Å². The predicted octanol–water partition coefficient (Wildman–Crippen LogP) is 1.30. The number of hydrogen-bond acceptors (Lipinski definition) is 4. The Bertz CT molecular complexity index is 604. The van der Waals surface area contributed by atoms with Crippen LogP contribution in [0.5, 0.6) is 0 Å². The van der Waals surface area contributed by atoms with Crippen LogP contribution in [0.15, 0.2) is 18.2 Å². The average molecular weight is 262 g/mol. The van der Waals surface area contributed by atoms with E-state index in [2.05, 4.69) is 15.5 Å². The molecule has 0 radical (unpaired) electrons. The number of carbonyl (C=O) groups excluding carboxylic acids is 1. The van der Waals surface area contributed by atoms with Crippen molar-refractivity contribution in [2.45, 2.75) is 19.4 Å². The Morgan fingerprint density at radius 3 is 2.95 bits per heavy atom. The topological polar surface area (TPSA) is 93.0 Å². The van der Waals surface area contributed by atoms with Crippen molar-refractivity contribution in [2.75, 3.05) is 19.4 Å². The summed E-state index contributed by atoms with van der Waals surface area (Å²) in [6, 6.07) is 5.29. The summed E-state index contributed by atoms with van der Waals surface area (Å²) in [7, 11) is 1.61. The van der Waals surface area contributed by atoms with Gasteiger partial charge in [0.25, 0.3) is 5.91 Å². The molecule has 0 aliphatic carbocycles. The molecule has 0 spiro atoms. The van der Waals surface area contributed by atoms with Crippen LogP contribution in [0.3, 0.4) is 0 Å². The third-order valence-electron chi connectivity index (χ3n) is 3.03. The maximum atomic E-state index is 12.1. The molecule has 1 aromatic heterocycles. The Morgan fingerprint density at radius 2 is 2.26 bits per heavy atom. The molecule has 1 amide bonds. The summed E-state index contributed by atoms with van der Waals surface area (Å²) in [5.41, 5.74) is 7.03. The number of rotatable bonds is 4. The van der Waals surface area contributed by atoms with Crippen molar-refractivity contribution in [3.63, 3.8) is 0 Å². The van der Waals surface area contributed by atoms with E-state index in [1.54, 1.807) is 25.3 Å². The van der Waals surface area contributed by atoms with E-state index < -0.39 is 5.60 Å². The molecule has 0 aliphatic rings. The molecule has 6 heteroatoms. The molecule has 2 rings (SSSR count). The van der Waals surface area contributed by atoms with Gasteiger partial charge in [0, 0.05) is 24.7 Å². The fraction of sp³-hybridized carbons (Fsp3) is 0.385. The van der Waals surface area contributed by atoms with Gasteiger partial charge in [0.05, 0.1) is 11.1 Å². The van der Waals surface area contributed by atoms with E-state index in [9.17, 15) is 4.79 Å². The van der Waals surface area contributed by atoms with Crippen LogP contribution in [0.25, 0.3) is 10.9 Å². The number of fused-ring (bicyclic) bond motifs is 1. The highest BCUT2D eigenvalue weighted by Crippen LogP contribution is 2.19. The molecule has 0 bridgehead atoms. The second-order valence-corrected chi connectivity index (χ2v) is 5.02. The molecule has 0 atom stereocenters. The molecule has 102 valence electrons. The fourth-order valence-corrected chi connectivity index (χ4v) is 1.65. The van der Waals surface area contributed by atoms with Gasteiger partial charge in [0.1, 0.15) is 0 Å². The van der Waals surface area contributed by atoms with Crippen LogP contribution < -0.4 is 11.1 Å². The Labute approximate surface area is 111 Å². The number of benzene rings is 1. The summed E-state index contributed by atoms with van der Waals surface area (Å²) >= 11 is 0. The number of nitrogen functional groups attached to an aromatic ring is 1. The third-order valence-corrected chi connectivity index (χ3v) is 3.03. The van der Waals surface area contributed by atoms with E-state index in [0.717, 1.165) is 5.52 Å². The number of amides is 1. The number of nitrogens with two attached hydrogens (primary N) is 1. The van der Waals surface area contributed by atoms with Gasteiger partial charge < -0.3 is 15.8 Å². The first kappa shape index (κ1) is 13.4. The van der Waals surface area contributed by atoms with E-state index in [4.69, 9.17) is 10.5 Å². The van der Waals surface area contributed by atoms with Gasteiger partial charge in [-0.3, -0.25) is 9.89 Å². The number of nitrogens with one attached hydrogen (secondary N) is 2. The molecule has 1 heterocycles. The first-order valence-corrected chi connectivity index (χ1v) is 6.00. The van der Waals surface area contributed by atoms with Crippen LogP contribution in [-0.2, 0) is 4.74 Å². The molecule has 0 unspecified atom stereocenters. The molecular formula is C13H18N4O2. The minimum absolute atomic E-state index is 0.248.